The lowest BCUT2D eigenvalue weighted by atomic mass is 10.0. The summed E-state index contributed by atoms with van der Waals surface area (Å²) in [6.07, 6.45) is 0. The minimum Gasteiger partial charge on any atom is -0.459 e. The quantitative estimate of drug-likeness (QED) is 0.553. The van der Waals surface area contributed by atoms with Crippen LogP contribution in [0.4, 0.5) is 4.39 Å². The Morgan fingerprint density at radius 3 is 2.52 bits per heavy atom. The topological polar surface area (TPSA) is 51.2 Å². The molecular weight excluding hydrogens is 314 g/mol. The van der Waals surface area contributed by atoms with Gasteiger partial charge < -0.3 is 4.42 Å². The Bertz CT molecular complexity index is 803. The number of hydrogen-bond acceptors (Lipinski definition) is 3. The smallest absolute Gasteiger partial charge is 0.134 e. The van der Waals surface area contributed by atoms with E-state index in [0.29, 0.717) is 27.0 Å². The van der Waals surface area contributed by atoms with Crippen LogP contribution in [0.1, 0.15) is 17.4 Å². The van der Waals surface area contributed by atoms with Crippen molar-refractivity contribution in [3.8, 4) is 0 Å². The molecule has 3 aromatic rings. The predicted octanol–water partition coefficient (Wildman–Crippen LogP) is 4.43. The minimum atomic E-state index is -0.644. The number of hydrogen-bond donors (Lipinski definition) is 2. The number of benzene rings is 2. The SMILES string of the molecule is NNC(c1cc2cc(Cl)ccc2o1)c1cc(Cl)ccc1F. The highest BCUT2D eigenvalue weighted by Gasteiger charge is 2.21. The average molecular weight is 325 g/mol. The summed E-state index contributed by atoms with van der Waals surface area (Å²) in [4.78, 5) is 0. The molecule has 0 saturated heterocycles. The van der Waals surface area contributed by atoms with Gasteiger partial charge >= 0.3 is 0 Å². The van der Waals surface area contributed by atoms with E-state index in [9.17, 15) is 4.39 Å². The molecular formula is C15H11Cl2FN2O. The van der Waals surface area contributed by atoms with Crippen LogP contribution in [0.15, 0.2) is 46.9 Å². The summed E-state index contributed by atoms with van der Waals surface area (Å²) in [6.45, 7) is 0. The van der Waals surface area contributed by atoms with E-state index in [4.69, 9.17) is 33.5 Å². The van der Waals surface area contributed by atoms with Gasteiger partial charge in [0.25, 0.3) is 0 Å². The number of nitrogens with one attached hydrogen (secondary N) is 1. The maximum Gasteiger partial charge on any atom is 0.134 e. The molecule has 6 heteroatoms. The molecule has 0 aliphatic rings. The van der Waals surface area contributed by atoms with Gasteiger partial charge in [0.15, 0.2) is 0 Å². The van der Waals surface area contributed by atoms with Gasteiger partial charge in [0.05, 0.1) is 0 Å². The van der Waals surface area contributed by atoms with E-state index in [1.54, 1.807) is 24.3 Å². The molecule has 108 valence electrons. The summed E-state index contributed by atoms with van der Waals surface area (Å²) in [5, 5.41) is 1.84. The van der Waals surface area contributed by atoms with E-state index in [0.717, 1.165) is 5.39 Å². The molecule has 1 atom stereocenters. The number of rotatable bonds is 3. The lowest BCUT2D eigenvalue weighted by Crippen LogP contribution is -2.29. The van der Waals surface area contributed by atoms with Crippen LogP contribution in [-0.4, -0.2) is 0 Å². The first-order valence-electron chi connectivity index (χ1n) is 6.18. The molecule has 0 aliphatic carbocycles. The van der Waals surface area contributed by atoms with E-state index >= 15 is 0 Å². The molecule has 3 nitrogen and oxygen atoms in total. The number of nitrogens with two attached hydrogens (primary N) is 1. The predicted molar refractivity (Wildman–Crippen MR) is 81.8 cm³/mol. The molecule has 0 amide bonds. The number of fused-ring (bicyclic) bond motifs is 1. The van der Waals surface area contributed by atoms with Crippen LogP contribution in [0.5, 0.6) is 0 Å². The fourth-order valence-electron chi connectivity index (χ4n) is 2.24. The van der Waals surface area contributed by atoms with E-state index in [-0.39, 0.29) is 0 Å². The molecule has 2 aromatic carbocycles. The molecule has 1 aromatic heterocycles. The van der Waals surface area contributed by atoms with Crippen molar-refractivity contribution in [2.75, 3.05) is 0 Å². The molecule has 3 rings (SSSR count). The molecule has 0 spiro atoms. The Balaban J connectivity index is 2.11. The first kappa shape index (κ1) is 14.4. The third-order valence-corrected chi connectivity index (χ3v) is 3.69. The van der Waals surface area contributed by atoms with Gasteiger partial charge in [-0.05, 0) is 42.5 Å². The largest absolute Gasteiger partial charge is 0.459 e. The van der Waals surface area contributed by atoms with Crippen LogP contribution in [-0.2, 0) is 0 Å². The van der Waals surface area contributed by atoms with Crippen LogP contribution >= 0.6 is 23.2 Å². The first-order chi connectivity index (χ1) is 10.1. The fourth-order valence-corrected chi connectivity index (χ4v) is 2.60. The van der Waals surface area contributed by atoms with Crippen molar-refractivity contribution in [2.24, 2.45) is 5.84 Å². The molecule has 0 aliphatic heterocycles. The van der Waals surface area contributed by atoms with Crippen LogP contribution in [0.2, 0.25) is 10.0 Å². The van der Waals surface area contributed by atoms with Crippen molar-refractivity contribution in [3.05, 3.63) is 69.7 Å². The van der Waals surface area contributed by atoms with E-state index in [2.05, 4.69) is 5.43 Å². The molecule has 0 radical (unpaired) electrons. The van der Waals surface area contributed by atoms with Crippen molar-refractivity contribution in [1.29, 1.82) is 0 Å². The van der Waals surface area contributed by atoms with E-state index in [1.807, 2.05) is 0 Å². The lowest BCUT2D eigenvalue weighted by molar-refractivity contribution is 0.462. The fraction of sp³-hybridized carbons (Fsp3) is 0.0667. The van der Waals surface area contributed by atoms with Gasteiger partial charge in [-0.2, -0.15) is 0 Å². The normalized spacial score (nSPS) is 12.8. The Hall–Kier alpha value is -1.59. The van der Waals surface area contributed by atoms with Gasteiger partial charge in [-0.3, -0.25) is 5.84 Å². The second kappa shape index (κ2) is 5.66. The van der Waals surface area contributed by atoms with Gasteiger partial charge in [0, 0.05) is 21.0 Å². The van der Waals surface area contributed by atoms with Gasteiger partial charge in [0.2, 0.25) is 0 Å². The molecule has 21 heavy (non-hydrogen) atoms. The van der Waals surface area contributed by atoms with Crippen molar-refractivity contribution in [2.45, 2.75) is 6.04 Å². The van der Waals surface area contributed by atoms with Crippen molar-refractivity contribution in [1.82, 2.24) is 5.43 Å². The van der Waals surface area contributed by atoms with Crippen LogP contribution in [0.25, 0.3) is 11.0 Å². The number of hydrazine groups is 1. The zero-order chi connectivity index (χ0) is 15.0. The van der Waals surface area contributed by atoms with Crippen molar-refractivity contribution < 1.29 is 8.81 Å². The summed E-state index contributed by atoms with van der Waals surface area (Å²) in [5.41, 5.74) is 3.52. The lowest BCUT2D eigenvalue weighted by Gasteiger charge is -2.14. The molecule has 1 heterocycles. The van der Waals surface area contributed by atoms with Gasteiger partial charge in [0.1, 0.15) is 23.2 Å². The summed E-state index contributed by atoms with van der Waals surface area (Å²) in [5.74, 6) is 5.63. The molecule has 0 bridgehead atoms. The molecule has 0 fully saturated rings. The number of furan rings is 1. The zero-order valence-corrected chi connectivity index (χ0v) is 12.3. The van der Waals surface area contributed by atoms with Gasteiger partial charge in [-0.25, -0.2) is 9.82 Å². The number of halogens is 3. The monoisotopic (exact) mass is 324 g/mol. The van der Waals surface area contributed by atoms with Gasteiger partial charge in [-0.15, -0.1) is 0 Å². The second-order valence-corrected chi connectivity index (χ2v) is 5.47. The van der Waals surface area contributed by atoms with Crippen LogP contribution in [0.3, 0.4) is 0 Å². The molecule has 0 saturated carbocycles. The summed E-state index contributed by atoms with van der Waals surface area (Å²) in [7, 11) is 0. The Kier molecular flexibility index (Phi) is 3.87. The maximum absolute atomic E-state index is 14.0. The van der Waals surface area contributed by atoms with Crippen molar-refractivity contribution in [3.63, 3.8) is 0 Å². The zero-order valence-electron chi connectivity index (χ0n) is 10.7. The van der Waals surface area contributed by atoms with Crippen LogP contribution in [0, 0.1) is 5.82 Å². The highest BCUT2D eigenvalue weighted by molar-refractivity contribution is 6.31. The van der Waals surface area contributed by atoms with Crippen LogP contribution < -0.4 is 11.3 Å². The van der Waals surface area contributed by atoms with E-state index in [1.165, 1.54) is 18.2 Å². The standard InChI is InChI=1S/C15H11Cl2FN2O/c16-9-2-4-13-8(5-9)6-14(21-13)15(20-19)11-7-10(17)1-3-12(11)18/h1-7,15,20H,19H2. The highest BCUT2D eigenvalue weighted by Crippen LogP contribution is 2.31. The summed E-state index contributed by atoms with van der Waals surface area (Å²) in [6, 6.07) is 10.7. The summed E-state index contributed by atoms with van der Waals surface area (Å²) < 4.78 is 19.7. The van der Waals surface area contributed by atoms with Crippen molar-refractivity contribution >= 4 is 34.2 Å². The highest BCUT2D eigenvalue weighted by atomic mass is 35.5. The van der Waals surface area contributed by atoms with E-state index < -0.39 is 11.9 Å². The second-order valence-electron chi connectivity index (χ2n) is 4.60. The minimum absolute atomic E-state index is 0.315. The third kappa shape index (κ3) is 2.76. The van der Waals surface area contributed by atoms with Gasteiger partial charge in [-0.1, -0.05) is 23.2 Å². The maximum atomic E-state index is 14.0. The Labute approximate surface area is 130 Å². The first-order valence-corrected chi connectivity index (χ1v) is 6.94. The summed E-state index contributed by atoms with van der Waals surface area (Å²) >= 11 is 11.9. The Morgan fingerprint density at radius 1 is 1.05 bits per heavy atom. The third-order valence-electron chi connectivity index (χ3n) is 3.22. The molecule has 1 unspecified atom stereocenters. The molecule has 3 N–H and O–H groups in total. The Morgan fingerprint density at radius 2 is 1.76 bits per heavy atom. The average Bonchev–Trinajstić information content (AvgIpc) is 2.86.